The Hall–Kier alpha value is -0.880. The second-order valence-corrected chi connectivity index (χ2v) is 5.73. The van der Waals surface area contributed by atoms with Gasteiger partial charge in [-0.25, -0.2) is 18.0 Å². The van der Waals surface area contributed by atoms with Crippen LogP contribution in [0.3, 0.4) is 0 Å². The summed E-state index contributed by atoms with van der Waals surface area (Å²) in [6.45, 7) is 7.29. The molecular formula is C12H24N2O3S. The third-order valence-corrected chi connectivity index (χ3v) is 3.27. The average Bonchev–Trinajstić information content (AvgIpc) is 2.69. The molecule has 0 bridgehead atoms. The molecule has 0 aliphatic rings. The maximum atomic E-state index is 9.83. The Balaban J connectivity index is 0.000000331. The highest BCUT2D eigenvalue weighted by Crippen LogP contribution is 1.90. The van der Waals surface area contributed by atoms with Crippen LogP contribution < -0.4 is 4.57 Å². The number of hydrogen-bond acceptors (Lipinski definition) is 3. The van der Waals surface area contributed by atoms with E-state index in [-0.39, 0.29) is 5.75 Å². The number of hydrogen-bond donors (Lipinski definition) is 1. The summed E-state index contributed by atoms with van der Waals surface area (Å²) >= 11 is 0. The van der Waals surface area contributed by atoms with Crippen LogP contribution in [-0.2, 0) is 16.7 Å². The molecule has 0 radical (unpaired) electrons. The Kier molecular flexibility index (Phi) is 8.66. The number of imidazole rings is 1. The standard InChI is InChI=1S/C8H14N2.C4H10O3S/c1-3-4-6-10-7-5-9-8(10)2;1-2-3-4-8(5,6)7/h5,7H,3-4,6H2,1-2H3;2-4H2,1H3,(H,5,6,7). The molecule has 0 aliphatic carbocycles. The molecule has 5 nitrogen and oxygen atoms in total. The van der Waals surface area contributed by atoms with Crippen LogP contribution in [0.5, 0.6) is 0 Å². The normalized spacial score (nSPS) is 10.9. The molecule has 0 saturated carbocycles. The van der Waals surface area contributed by atoms with Gasteiger partial charge >= 0.3 is 0 Å². The maximum absolute atomic E-state index is 9.83. The van der Waals surface area contributed by atoms with Crippen molar-refractivity contribution in [3.8, 4) is 0 Å². The van der Waals surface area contributed by atoms with Crippen molar-refractivity contribution in [1.29, 1.82) is 0 Å². The van der Waals surface area contributed by atoms with Crippen molar-refractivity contribution in [2.24, 2.45) is 0 Å². The first-order valence-corrected chi connectivity index (χ1v) is 7.95. The first-order valence-electron chi connectivity index (χ1n) is 6.37. The van der Waals surface area contributed by atoms with Gasteiger partial charge in [0.15, 0.2) is 0 Å². The fourth-order valence-corrected chi connectivity index (χ4v) is 1.98. The minimum absolute atomic E-state index is 0.219. The molecule has 0 spiro atoms. The van der Waals surface area contributed by atoms with Crippen LogP contribution in [0.2, 0.25) is 0 Å². The van der Waals surface area contributed by atoms with E-state index in [1.54, 1.807) is 0 Å². The van der Waals surface area contributed by atoms with Crippen molar-refractivity contribution in [2.45, 2.75) is 53.0 Å². The number of aromatic amines is 1. The van der Waals surface area contributed by atoms with Crippen LogP contribution in [-0.4, -0.2) is 23.7 Å². The minimum atomic E-state index is -3.94. The van der Waals surface area contributed by atoms with Crippen molar-refractivity contribution in [1.82, 2.24) is 4.98 Å². The van der Waals surface area contributed by atoms with Crippen LogP contribution in [0.4, 0.5) is 0 Å². The molecule has 0 unspecified atom stereocenters. The fraction of sp³-hybridized carbons (Fsp3) is 0.750. The highest BCUT2D eigenvalue weighted by molar-refractivity contribution is 7.85. The molecular weight excluding hydrogens is 252 g/mol. The number of nitrogens with one attached hydrogen (secondary N) is 1. The first kappa shape index (κ1) is 17.1. The van der Waals surface area contributed by atoms with Gasteiger partial charge in [-0.1, -0.05) is 26.7 Å². The van der Waals surface area contributed by atoms with E-state index in [1.165, 1.54) is 18.7 Å². The summed E-state index contributed by atoms with van der Waals surface area (Å²) in [5, 5.41) is 0. The Bertz CT molecular complexity index is 413. The van der Waals surface area contributed by atoms with Gasteiger partial charge in [-0.15, -0.1) is 0 Å². The van der Waals surface area contributed by atoms with Crippen molar-refractivity contribution < 1.29 is 17.5 Å². The summed E-state index contributed by atoms with van der Waals surface area (Å²) in [5.41, 5.74) is 0. The molecule has 1 heterocycles. The van der Waals surface area contributed by atoms with Crippen molar-refractivity contribution in [2.75, 3.05) is 5.75 Å². The zero-order valence-electron chi connectivity index (χ0n) is 11.5. The summed E-state index contributed by atoms with van der Waals surface area (Å²) in [6, 6.07) is 0. The summed E-state index contributed by atoms with van der Waals surface area (Å²) in [6.07, 6.45) is 7.82. The predicted octanol–water partition coefficient (Wildman–Crippen LogP) is 1.74. The highest BCUT2D eigenvalue weighted by Gasteiger charge is 2.01. The van der Waals surface area contributed by atoms with E-state index >= 15 is 0 Å². The smallest absolute Gasteiger partial charge is 0.251 e. The van der Waals surface area contributed by atoms with E-state index in [0.29, 0.717) is 6.42 Å². The van der Waals surface area contributed by atoms with E-state index in [2.05, 4.69) is 29.6 Å². The van der Waals surface area contributed by atoms with Crippen molar-refractivity contribution in [3.63, 3.8) is 0 Å². The molecule has 1 rings (SSSR count). The van der Waals surface area contributed by atoms with Gasteiger partial charge in [0.1, 0.15) is 12.4 Å². The summed E-state index contributed by atoms with van der Waals surface area (Å²) < 4.78 is 31.7. The lowest BCUT2D eigenvalue weighted by atomic mass is 10.3. The molecule has 18 heavy (non-hydrogen) atoms. The molecule has 1 N–H and O–H groups in total. The van der Waals surface area contributed by atoms with Crippen molar-refractivity contribution >= 4 is 10.1 Å². The summed E-state index contributed by atoms with van der Waals surface area (Å²) in [5.74, 6) is 1.03. The Labute approximate surface area is 110 Å². The number of aromatic nitrogens is 2. The first-order chi connectivity index (χ1) is 8.40. The lowest BCUT2D eigenvalue weighted by Gasteiger charge is -2.02. The molecule has 0 amide bonds. The highest BCUT2D eigenvalue weighted by atomic mass is 32.2. The Morgan fingerprint density at radius 1 is 1.28 bits per heavy atom. The third kappa shape index (κ3) is 9.18. The molecule has 0 saturated heterocycles. The molecule has 0 fully saturated rings. The van der Waals surface area contributed by atoms with Gasteiger partial charge in [-0.05, 0) is 12.8 Å². The van der Waals surface area contributed by atoms with Crippen LogP contribution in [0, 0.1) is 6.92 Å². The average molecular weight is 276 g/mol. The van der Waals surface area contributed by atoms with Crippen LogP contribution in [0.1, 0.15) is 45.4 Å². The molecule has 6 heteroatoms. The van der Waals surface area contributed by atoms with Gasteiger partial charge in [0.05, 0.1) is 16.7 Å². The fourth-order valence-electron chi connectivity index (χ4n) is 1.33. The minimum Gasteiger partial charge on any atom is -0.748 e. The van der Waals surface area contributed by atoms with Gasteiger partial charge in [0, 0.05) is 12.7 Å². The van der Waals surface area contributed by atoms with Crippen LogP contribution in [0.15, 0.2) is 12.4 Å². The van der Waals surface area contributed by atoms with E-state index in [0.717, 1.165) is 13.0 Å². The molecule has 0 aliphatic heterocycles. The van der Waals surface area contributed by atoms with Crippen LogP contribution >= 0.6 is 0 Å². The van der Waals surface area contributed by atoms with E-state index < -0.39 is 10.1 Å². The summed E-state index contributed by atoms with van der Waals surface area (Å²) in [7, 11) is -3.94. The molecule has 0 atom stereocenters. The number of unbranched alkanes of at least 4 members (excludes halogenated alkanes) is 2. The van der Waals surface area contributed by atoms with E-state index in [1.807, 2.05) is 13.1 Å². The van der Waals surface area contributed by atoms with Gasteiger partial charge in [0.2, 0.25) is 0 Å². The lowest BCUT2D eigenvalue weighted by Crippen LogP contribution is -2.34. The zero-order valence-corrected chi connectivity index (χ0v) is 12.3. The largest absolute Gasteiger partial charge is 0.748 e. The van der Waals surface area contributed by atoms with Gasteiger partial charge in [-0.3, -0.25) is 0 Å². The summed E-state index contributed by atoms with van der Waals surface area (Å²) in [4.78, 5) is 3.14. The quantitative estimate of drug-likeness (QED) is 0.635. The number of rotatable bonds is 6. The van der Waals surface area contributed by atoms with E-state index in [9.17, 15) is 13.0 Å². The topological polar surface area (TPSA) is 76.9 Å². The SMILES string of the molecule is CCCCS(=O)(=O)[O-].CCCC[n+]1cc[nH]c1C. The lowest BCUT2D eigenvalue weighted by molar-refractivity contribution is -0.701. The number of aryl methyl sites for hydroxylation is 2. The molecule has 0 aromatic carbocycles. The van der Waals surface area contributed by atoms with E-state index in [4.69, 9.17) is 0 Å². The van der Waals surface area contributed by atoms with Gasteiger partial charge < -0.3 is 4.55 Å². The number of H-pyrrole nitrogens is 1. The second kappa shape index (κ2) is 9.10. The third-order valence-electron chi connectivity index (χ3n) is 2.48. The Morgan fingerprint density at radius 2 is 1.89 bits per heavy atom. The maximum Gasteiger partial charge on any atom is 0.251 e. The number of nitrogens with zero attached hydrogens (tertiary/aromatic N) is 1. The predicted molar refractivity (Wildman–Crippen MR) is 70.1 cm³/mol. The van der Waals surface area contributed by atoms with Gasteiger partial charge in [-0.2, -0.15) is 0 Å². The molecule has 1 aromatic rings. The monoisotopic (exact) mass is 276 g/mol. The Morgan fingerprint density at radius 3 is 2.22 bits per heavy atom. The molecule has 1 aromatic heterocycles. The van der Waals surface area contributed by atoms with Crippen molar-refractivity contribution in [3.05, 3.63) is 18.2 Å². The zero-order chi connectivity index (χ0) is 14.0. The van der Waals surface area contributed by atoms with Crippen LogP contribution in [0.25, 0.3) is 0 Å². The van der Waals surface area contributed by atoms with Gasteiger partial charge in [0.25, 0.3) is 5.82 Å². The molecule has 106 valence electrons. The second-order valence-electron chi connectivity index (χ2n) is 4.21.